The Morgan fingerprint density at radius 3 is 2.21 bits per heavy atom. The average molecular weight is 451 g/mol. The lowest BCUT2D eigenvalue weighted by Crippen LogP contribution is -2.38. The molecule has 0 saturated heterocycles. The van der Waals surface area contributed by atoms with Crippen molar-refractivity contribution >= 4 is 17.6 Å². The summed E-state index contributed by atoms with van der Waals surface area (Å²) in [5.41, 5.74) is 2.85. The van der Waals surface area contributed by atoms with Gasteiger partial charge >= 0.3 is 0 Å². The van der Waals surface area contributed by atoms with Crippen LogP contribution in [0.1, 0.15) is 56.2 Å². The molecule has 0 aliphatic rings. The van der Waals surface area contributed by atoms with Crippen LogP contribution in [0.3, 0.4) is 0 Å². The average Bonchev–Trinajstić information content (AvgIpc) is 3.21. The van der Waals surface area contributed by atoms with E-state index in [1.54, 1.807) is 28.9 Å². The van der Waals surface area contributed by atoms with E-state index < -0.39 is 0 Å². The Balaban J connectivity index is 1.81. The summed E-state index contributed by atoms with van der Waals surface area (Å²) in [5, 5.41) is 7.51. The first-order valence-corrected chi connectivity index (χ1v) is 11.2. The maximum Gasteiger partial charge on any atom is 0.254 e. The lowest BCUT2D eigenvalue weighted by molar-refractivity contribution is -0.116. The van der Waals surface area contributed by atoms with Crippen LogP contribution in [0, 0.1) is 5.82 Å². The summed E-state index contributed by atoms with van der Waals surface area (Å²) in [4.78, 5) is 27.3. The highest BCUT2D eigenvalue weighted by atomic mass is 19.1. The third-order valence-electron chi connectivity index (χ3n) is 5.43. The molecule has 0 radical (unpaired) electrons. The first-order valence-electron chi connectivity index (χ1n) is 11.2. The van der Waals surface area contributed by atoms with Crippen molar-refractivity contribution in [3.05, 3.63) is 77.2 Å². The van der Waals surface area contributed by atoms with E-state index in [1.165, 1.54) is 17.0 Å². The van der Waals surface area contributed by atoms with E-state index in [2.05, 4.69) is 17.3 Å². The molecule has 174 valence electrons. The summed E-state index contributed by atoms with van der Waals surface area (Å²) in [6.07, 6.45) is 0.895. The van der Waals surface area contributed by atoms with Crippen molar-refractivity contribution in [1.82, 2.24) is 14.7 Å². The number of anilines is 1. The maximum atomic E-state index is 13.4. The molecule has 1 N–H and O–H groups in total. The van der Waals surface area contributed by atoms with Gasteiger partial charge in [0.2, 0.25) is 5.91 Å². The first kappa shape index (κ1) is 24.2. The lowest BCUT2D eigenvalue weighted by Gasteiger charge is -2.20. The molecule has 33 heavy (non-hydrogen) atoms. The minimum atomic E-state index is -0.350. The number of hydrogen-bond acceptors (Lipinski definition) is 3. The van der Waals surface area contributed by atoms with Gasteiger partial charge in [-0.25, -0.2) is 9.07 Å². The molecule has 6 nitrogen and oxygen atoms in total. The van der Waals surface area contributed by atoms with Crippen molar-refractivity contribution in [2.24, 2.45) is 0 Å². The molecule has 0 atom stereocenters. The Kier molecular flexibility index (Phi) is 7.31. The zero-order valence-corrected chi connectivity index (χ0v) is 19.9. The predicted octanol–water partition coefficient (Wildman–Crippen LogP) is 4.97. The molecule has 1 aromatic heterocycles. The van der Waals surface area contributed by atoms with E-state index >= 15 is 0 Å². The summed E-state index contributed by atoms with van der Waals surface area (Å²) >= 11 is 0. The van der Waals surface area contributed by atoms with E-state index in [4.69, 9.17) is 0 Å². The Hall–Kier alpha value is -3.48. The molecule has 0 spiro atoms. The Labute approximate surface area is 194 Å². The number of hydrogen-bond donors (Lipinski definition) is 1. The van der Waals surface area contributed by atoms with Crippen LogP contribution < -0.4 is 5.32 Å². The molecular formula is C26H31FN4O2. The molecule has 0 unspecified atom stereocenters. The van der Waals surface area contributed by atoms with E-state index in [0.29, 0.717) is 23.6 Å². The van der Waals surface area contributed by atoms with Crippen LogP contribution in [0.25, 0.3) is 5.69 Å². The van der Waals surface area contributed by atoms with E-state index in [-0.39, 0.29) is 29.6 Å². The molecule has 2 aromatic carbocycles. The van der Waals surface area contributed by atoms with Crippen LogP contribution >= 0.6 is 0 Å². The van der Waals surface area contributed by atoms with E-state index in [1.807, 2.05) is 45.9 Å². The topological polar surface area (TPSA) is 67.2 Å². The molecule has 0 fully saturated rings. The molecule has 3 aromatic rings. The molecular weight excluding hydrogens is 419 g/mol. The number of nitrogens with one attached hydrogen (secondary N) is 1. The van der Waals surface area contributed by atoms with Crippen LogP contribution in [0.4, 0.5) is 10.2 Å². The minimum Gasteiger partial charge on any atom is -0.330 e. The van der Waals surface area contributed by atoms with Gasteiger partial charge in [-0.1, -0.05) is 39.8 Å². The van der Waals surface area contributed by atoms with Crippen LogP contribution in [-0.4, -0.2) is 39.6 Å². The van der Waals surface area contributed by atoms with Gasteiger partial charge in [-0.05, 0) is 55.3 Å². The zero-order chi connectivity index (χ0) is 24.2. The van der Waals surface area contributed by atoms with Gasteiger partial charge in [0.1, 0.15) is 18.2 Å². The van der Waals surface area contributed by atoms with Crippen LogP contribution in [0.5, 0.6) is 0 Å². The standard InChI is InChI=1S/C26H31FN4O2/c1-6-18-8-10-19(11-9-18)25(33)30(7-2)17-24(32)28-23-16-22(26(3,4)5)29-31(23)21-14-12-20(27)13-15-21/h8-16H,6-7,17H2,1-5H3,(H,28,32). The van der Waals surface area contributed by atoms with Crippen molar-refractivity contribution in [2.75, 3.05) is 18.4 Å². The monoisotopic (exact) mass is 450 g/mol. The summed E-state index contributed by atoms with van der Waals surface area (Å²) in [5.74, 6) is -0.416. The number of aromatic nitrogens is 2. The molecule has 0 saturated carbocycles. The summed E-state index contributed by atoms with van der Waals surface area (Å²) in [6.45, 7) is 10.3. The highest BCUT2D eigenvalue weighted by molar-refractivity contribution is 5.99. The van der Waals surface area contributed by atoms with Crippen LogP contribution in [0.2, 0.25) is 0 Å². The molecule has 1 heterocycles. The first-order chi connectivity index (χ1) is 15.6. The Morgan fingerprint density at radius 2 is 1.67 bits per heavy atom. The van der Waals surface area contributed by atoms with Crippen LogP contribution in [-0.2, 0) is 16.6 Å². The fraction of sp³-hybridized carbons (Fsp3) is 0.346. The lowest BCUT2D eigenvalue weighted by atomic mass is 9.92. The summed E-state index contributed by atoms with van der Waals surface area (Å²) < 4.78 is 15.0. The summed E-state index contributed by atoms with van der Waals surface area (Å²) in [7, 11) is 0. The maximum absolute atomic E-state index is 13.4. The Bertz CT molecular complexity index is 1110. The molecule has 3 rings (SSSR count). The number of carbonyl (C=O) groups excluding carboxylic acids is 2. The summed E-state index contributed by atoms with van der Waals surface area (Å²) in [6, 6.07) is 15.2. The Morgan fingerprint density at radius 1 is 1.03 bits per heavy atom. The second-order valence-electron chi connectivity index (χ2n) is 8.97. The fourth-order valence-electron chi connectivity index (χ4n) is 3.36. The van der Waals surface area contributed by atoms with Gasteiger partial charge < -0.3 is 10.2 Å². The molecule has 7 heteroatoms. The third-order valence-corrected chi connectivity index (χ3v) is 5.43. The number of rotatable bonds is 7. The highest BCUT2D eigenvalue weighted by Crippen LogP contribution is 2.26. The highest BCUT2D eigenvalue weighted by Gasteiger charge is 2.23. The molecule has 0 aliphatic heterocycles. The normalized spacial score (nSPS) is 11.3. The number of likely N-dealkylation sites (N-methyl/N-ethyl adjacent to an activating group) is 1. The smallest absolute Gasteiger partial charge is 0.254 e. The van der Waals surface area contributed by atoms with Gasteiger partial charge in [0.25, 0.3) is 5.91 Å². The van der Waals surface area contributed by atoms with Crippen molar-refractivity contribution in [1.29, 1.82) is 0 Å². The van der Waals surface area contributed by atoms with Crippen molar-refractivity contribution in [3.8, 4) is 5.69 Å². The quantitative estimate of drug-likeness (QED) is 0.553. The van der Waals surface area contributed by atoms with Crippen molar-refractivity contribution in [2.45, 2.75) is 46.5 Å². The zero-order valence-electron chi connectivity index (χ0n) is 19.9. The molecule has 2 amide bonds. The molecule has 0 bridgehead atoms. The van der Waals surface area contributed by atoms with Crippen molar-refractivity contribution < 1.29 is 14.0 Å². The van der Waals surface area contributed by atoms with Gasteiger partial charge in [-0.15, -0.1) is 0 Å². The molecule has 0 aliphatic carbocycles. The number of carbonyl (C=O) groups is 2. The number of amides is 2. The van der Waals surface area contributed by atoms with Gasteiger partial charge in [-0.3, -0.25) is 9.59 Å². The number of benzene rings is 2. The van der Waals surface area contributed by atoms with E-state index in [0.717, 1.165) is 17.7 Å². The largest absolute Gasteiger partial charge is 0.330 e. The van der Waals surface area contributed by atoms with Crippen LogP contribution in [0.15, 0.2) is 54.6 Å². The van der Waals surface area contributed by atoms with E-state index in [9.17, 15) is 14.0 Å². The minimum absolute atomic E-state index is 0.0929. The second kappa shape index (κ2) is 9.98. The fourth-order valence-corrected chi connectivity index (χ4v) is 3.36. The second-order valence-corrected chi connectivity index (χ2v) is 8.97. The number of halogens is 1. The van der Waals surface area contributed by atoms with Crippen molar-refractivity contribution in [3.63, 3.8) is 0 Å². The van der Waals surface area contributed by atoms with Gasteiger partial charge in [0.15, 0.2) is 0 Å². The number of aryl methyl sites for hydroxylation is 1. The van der Waals surface area contributed by atoms with Gasteiger partial charge in [0, 0.05) is 23.6 Å². The number of nitrogens with zero attached hydrogens (tertiary/aromatic N) is 3. The predicted molar refractivity (Wildman–Crippen MR) is 128 cm³/mol. The SMILES string of the molecule is CCc1ccc(C(=O)N(CC)CC(=O)Nc2cc(C(C)(C)C)nn2-c2ccc(F)cc2)cc1. The van der Waals surface area contributed by atoms with Gasteiger partial charge in [-0.2, -0.15) is 5.10 Å². The third kappa shape index (κ3) is 5.86. The van der Waals surface area contributed by atoms with Gasteiger partial charge in [0.05, 0.1) is 11.4 Å².